The number of halogens is 2. The summed E-state index contributed by atoms with van der Waals surface area (Å²) in [5, 5.41) is 9.43. The molecule has 5 heteroatoms. The molecule has 0 saturated carbocycles. The maximum absolute atomic E-state index is 14.1. The van der Waals surface area contributed by atoms with E-state index in [-0.39, 0.29) is 13.0 Å². The second kappa shape index (κ2) is 5.67. The molecule has 0 atom stereocenters. The van der Waals surface area contributed by atoms with Crippen molar-refractivity contribution in [3.05, 3.63) is 34.1 Å². The number of ether oxygens (including phenoxy) is 1. The minimum absolute atomic E-state index is 0.0748. The van der Waals surface area contributed by atoms with E-state index in [2.05, 4.69) is 0 Å². The zero-order valence-electron chi connectivity index (χ0n) is 10.6. The summed E-state index contributed by atoms with van der Waals surface area (Å²) in [5.41, 5.74) is -0.418. The highest BCUT2D eigenvalue weighted by Crippen LogP contribution is 2.28. The van der Waals surface area contributed by atoms with Crippen LogP contribution < -0.4 is 0 Å². The summed E-state index contributed by atoms with van der Waals surface area (Å²) < 4.78 is 19.0. The monoisotopic (exact) mass is 274 g/mol. The predicted molar refractivity (Wildman–Crippen MR) is 67.2 cm³/mol. The largest absolute Gasteiger partial charge is 0.481 e. The normalized spacial score (nSPS) is 11.6. The van der Waals surface area contributed by atoms with Gasteiger partial charge in [0.15, 0.2) is 0 Å². The molecule has 0 aliphatic rings. The minimum atomic E-state index is -1.05. The number of carbonyl (C=O) groups is 1. The van der Waals surface area contributed by atoms with Gasteiger partial charge in [-0.05, 0) is 38.0 Å². The molecule has 0 amide bonds. The van der Waals surface area contributed by atoms with Crippen molar-refractivity contribution in [2.45, 2.75) is 26.9 Å². The van der Waals surface area contributed by atoms with Crippen LogP contribution in [0.5, 0.6) is 0 Å². The number of carboxylic acid groups (broad SMARTS) is 1. The van der Waals surface area contributed by atoms with Gasteiger partial charge in [0.2, 0.25) is 0 Å². The van der Waals surface area contributed by atoms with Gasteiger partial charge in [0.1, 0.15) is 5.82 Å². The van der Waals surface area contributed by atoms with E-state index < -0.39 is 17.2 Å². The van der Waals surface area contributed by atoms with Crippen LogP contribution in [-0.4, -0.2) is 18.2 Å². The number of rotatable bonds is 5. The van der Waals surface area contributed by atoms with E-state index in [1.54, 1.807) is 13.8 Å². The lowest BCUT2D eigenvalue weighted by molar-refractivity contribution is -0.146. The maximum Gasteiger partial charge on any atom is 0.309 e. The van der Waals surface area contributed by atoms with Crippen molar-refractivity contribution >= 4 is 17.6 Å². The Morgan fingerprint density at radius 1 is 1.44 bits per heavy atom. The van der Waals surface area contributed by atoms with E-state index in [0.29, 0.717) is 16.1 Å². The molecular weight excluding hydrogens is 259 g/mol. The van der Waals surface area contributed by atoms with E-state index in [0.717, 1.165) is 0 Å². The van der Waals surface area contributed by atoms with Crippen molar-refractivity contribution in [2.75, 3.05) is 7.11 Å². The van der Waals surface area contributed by atoms with Crippen LogP contribution in [0.15, 0.2) is 12.1 Å². The van der Waals surface area contributed by atoms with E-state index >= 15 is 0 Å². The SMILES string of the molecule is COCc1cc(Cl)cc(CC(C)(C)C(=O)O)c1F. The molecule has 0 aliphatic heterocycles. The molecule has 0 aliphatic carbocycles. The molecule has 0 saturated heterocycles. The lowest BCUT2D eigenvalue weighted by Gasteiger charge is -2.20. The minimum Gasteiger partial charge on any atom is -0.481 e. The Morgan fingerprint density at radius 3 is 2.50 bits per heavy atom. The second-order valence-corrected chi connectivity index (χ2v) is 5.27. The predicted octanol–water partition coefficient (Wildman–Crippen LogP) is 3.28. The molecular formula is C13H16ClFO3. The molecule has 18 heavy (non-hydrogen) atoms. The number of hydrogen-bond donors (Lipinski definition) is 1. The second-order valence-electron chi connectivity index (χ2n) is 4.84. The van der Waals surface area contributed by atoms with E-state index in [1.165, 1.54) is 19.2 Å². The lowest BCUT2D eigenvalue weighted by Crippen LogP contribution is -2.26. The van der Waals surface area contributed by atoms with Crippen LogP contribution in [0.3, 0.4) is 0 Å². The first-order chi connectivity index (χ1) is 8.27. The molecule has 0 radical (unpaired) electrons. The smallest absolute Gasteiger partial charge is 0.309 e. The Kier molecular flexibility index (Phi) is 4.71. The van der Waals surface area contributed by atoms with Gasteiger partial charge in [-0.2, -0.15) is 0 Å². The first-order valence-electron chi connectivity index (χ1n) is 5.47. The third-order valence-electron chi connectivity index (χ3n) is 2.70. The fourth-order valence-corrected chi connectivity index (χ4v) is 1.91. The fourth-order valence-electron chi connectivity index (χ4n) is 1.65. The van der Waals surface area contributed by atoms with Crippen LogP contribution in [0.2, 0.25) is 5.02 Å². The molecule has 0 heterocycles. The van der Waals surface area contributed by atoms with Gasteiger partial charge in [0.05, 0.1) is 12.0 Å². The fraction of sp³-hybridized carbons (Fsp3) is 0.462. The Bertz CT molecular complexity index is 458. The van der Waals surface area contributed by atoms with Gasteiger partial charge in [-0.25, -0.2) is 4.39 Å². The Balaban J connectivity index is 3.13. The summed E-state index contributed by atoms with van der Waals surface area (Å²) in [7, 11) is 1.46. The van der Waals surface area contributed by atoms with Crippen molar-refractivity contribution in [3.8, 4) is 0 Å². The summed E-state index contributed by atoms with van der Waals surface area (Å²) in [6, 6.07) is 2.94. The molecule has 0 aromatic heterocycles. The van der Waals surface area contributed by atoms with Gasteiger partial charge in [0, 0.05) is 17.7 Å². The highest BCUT2D eigenvalue weighted by molar-refractivity contribution is 6.30. The van der Waals surface area contributed by atoms with Crippen LogP contribution in [0.25, 0.3) is 0 Å². The van der Waals surface area contributed by atoms with Crippen LogP contribution in [-0.2, 0) is 22.6 Å². The Morgan fingerprint density at radius 2 is 2.00 bits per heavy atom. The molecule has 0 spiro atoms. The van der Waals surface area contributed by atoms with Gasteiger partial charge in [-0.15, -0.1) is 0 Å². The van der Waals surface area contributed by atoms with Crippen molar-refractivity contribution in [3.63, 3.8) is 0 Å². The average Bonchev–Trinajstić information content (AvgIpc) is 2.24. The van der Waals surface area contributed by atoms with Crippen LogP contribution >= 0.6 is 11.6 Å². The summed E-state index contributed by atoms with van der Waals surface area (Å²) in [6.07, 6.45) is 0.0748. The standard InChI is InChI=1S/C13H16ClFO3/c1-13(2,12(16)17)6-8-4-10(14)5-9(7-18-3)11(8)15/h4-5H,6-7H2,1-3H3,(H,16,17). The maximum atomic E-state index is 14.1. The summed E-state index contributed by atoms with van der Waals surface area (Å²) >= 11 is 5.90. The van der Waals surface area contributed by atoms with Crippen molar-refractivity contribution in [1.82, 2.24) is 0 Å². The van der Waals surface area contributed by atoms with Crippen molar-refractivity contribution < 1.29 is 19.0 Å². The molecule has 1 N–H and O–H groups in total. The third kappa shape index (κ3) is 3.43. The zero-order chi connectivity index (χ0) is 13.9. The highest BCUT2D eigenvalue weighted by Gasteiger charge is 2.29. The van der Waals surface area contributed by atoms with E-state index in [9.17, 15) is 9.18 Å². The third-order valence-corrected chi connectivity index (χ3v) is 2.92. The van der Waals surface area contributed by atoms with Crippen LogP contribution in [0.4, 0.5) is 4.39 Å². The van der Waals surface area contributed by atoms with Crippen molar-refractivity contribution in [2.24, 2.45) is 5.41 Å². The lowest BCUT2D eigenvalue weighted by atomic mass is 9.85. The van der Waals surface area contributed by atoms with Gasteiger partial charge >= 0.3 is 5.97 Å². The number of aliphatic carboxylic acids is 1. The summed E-state index contributed by atoms with van der Waals surface area (Å²) in [6.45, 7) is 3.20. The molecule has 0 fully saturated rings. The van der Waals surface area contributed by atoms with Gasteiger partial charge in [-0.3, -0.25) is 4.79 Å². The van der Waals surface area contributed by atoms with E-state index in [4.69, 9.17) is 21.4 Å². The molecule has 1 aromatic carbocycles. The molecule has 0 bridgehead atoms. The summed E-state index contributed by atoms with van der Waals surface area (Å²) in [5.74, 6) is -1.43. The average molecular weight is 275 g/mol. The molecule has 0 unspecified atom stereocenters. The Hall–Kier alpha value is -1.13. The highest BCUT2D eigenvalue weighted by atomic mass is 35.5. The van der Waals surface area contributed by atoms with Gasteiger partial charge in [-0.1, -0.05) is 11.6 Å². The van der Waals surface area contributed by atoms with E-state index in [1.807, 2.05) is 0 Å². The van der Waals surface area contributed by atoms with Gasteiger partial charge in [0.25, 0.3) is 0 Å². The van der Waals surface area contributed by atoms with Crippen LogP contribution in [0, 0.1) is 11.2 Å². The molecule has 1 rings (SSSR count). The van der Waals surface area contributed by atoms with Gasteiger partial charge < -0.3 is 9.84 Å². The number of hydrogen-bond acceptors (Lipinski definition) is 2. The first kappa shape index (κ1) is 14.9. The molecule has 100 valence electrons. The number of methoxy groups -OCH3 is 1. The molecule has 3 nitrogen and oxygen atoms in total. The first-order valence-corrected chi connectivity index (χ1v) is 5.85. The van der Waals surface area contributed by atoms with Crippen molar-refractivity contribution in [1.29, 1.82) is 0 Å². The zero-order valence-corrected chi connectivity index (χ0v) is 11.3. The Labute approximate surface area is 111 Å². The quantitative estimate of drug-likeness (QED) is 0.896. The number of carboxylic acids is 1. The summed E-state index contributed by atoms with van der Waals surface area (Å²) in [4.78, 5) is 11.1. The number of benzene rings is 1. The topological polar surface area (TPSA) is 46.5 Å². The molecule has 1 aromatic rings. The van der Waals surface area contributed by atoms with Crippen LogP contribution in [0.1, 0.15) is 25.0 Å².